The molecule has 0 unspecified atom stereocenters. The van der Waals surface area contributed by atoms with E-state index in [0.717, 1.165) is 38.6 Å². The number of thioether (sulfide) groups is 1. The summed E-state index contributed by atoms with van der Waals surface area (Å²) in [6, 6.07) is 0.569. The van der Waals surface area contributed by atoms with Crippen LogP contribution in [0.25, 0.3) is 0 Å². The monoisotopic (exact) mass is 455 g/mol. The number of hydrogen-bond donors (Lipinski definition) is 2. The van der Waals surface area contributed by atoms with Gasteiger partial charge in [0.1, 0.15) is 0 Å². The van der Waals surface area contributed by atoms with Gasteiger partial charge in [0.25, 0.3) is 0 Å². The molecule has 0 spiro atoms. The first-order valence-electron chi connectivity index (χ1n) is 8.59. The standard InChI is InChI=1S/C17H33N3OS.HI/c1-16(2)7-5-14(6-8-16)20-15(18-3)19-13-17(22-4)9-11-21-12-10-17;/h14H,5-13H2,1-4H3,(H2,18,19,20);1H. The molecule has 0 radical (unpaired) electrons. The van der Waals surface area contributed by atoms with E-state index < -0.39 is 0 Å². The summed E-state index contributed by atoms with van der Waals surface area (Å²) in [5, 5.41) is 7.18. The predicted molar refractivity (Wildman–Crippen MR) is 112 cm³/mol. The van der Waals surface area contributed by atoms with Crippen molar-refractivity contribution >= 4 is 41.7 Å². The zero-order valence-corrected chi connectivity index (χ0v) is 18.3. The summed E-state index contributed by atoms with van der Waals surface area (Å²) in [5.74, 6) is 0.963. The molecular formula is C17H34IN3OS. The summed E-state index contributed by atoms with van der Waals surface area (Å²) >= 11 is 1.97. The first-order valence-corrected chi connectivity index (χ1v) is 9.81. The lowest BCUT2D eigenvalue weighted by Gasteiger charge is -2.37. The minimum Gasteiger partial charge on any atom is -0.381 e. The molecule has 1 saturated carbocycles. The fourth-order valence-electron chi connectivity index (χ4n) is 3.37. The molecule has 6 heteroatoms. The van der Waals surface area contributed by atoms with Crippen LogP contribution in [0.5, 0.6) is 0 Å². The highest BCUT2D eigenvalue weighted by molar-refractivity contribution is 14.0. The van der Waals surface area contributed by atoms with Gasteiger partial charge >= 0.3 is 0 Å². The molecule has 23 heavy (non-hydrogen) atoms. The van der Waals surface area contributed by atoms with E-state index in [1.807, 2.05) is 18.8 Å². The minimum absolute atomic E-state index is 0. The molecular weight excluding hydrogens is 421 g/mol. The van der Waals surface area contributed by atoms with Crippen LogP contribution < -0.4 is 10.6 Å². The zero-order valence-electron chi connectivity index (χ0n) is 15.1. The second-order valence-electron chi connectivity index (χ2n) is 7.51. The molecule has 0 bridgehead atoms. The van der Waals surface area contributed by atoms with Gasteiger partial charge in [0.05, 0.1) is 0 Å². The number of halogens is 1. The first kappa shape index (κ1) is 21.4. The van der Waals surface area contributed by atoms with Crippen LogP contribution in [0, 0.1) is 5.41 Å². The quantitative estimate of drug-likeness (QED) is 0.386. The number of rotatable bonds is 4. The molecule has 4 nitrogen and oxygen atoms in total. The van der Waals surface area contributed by atoms with Crippen LogP contribution in [-0.2, 0) is 4.74 Å². The summed E-state index contributed by atoms with van der Waals surface area (Å²) in [4.78, 5) is 4.42. The Bertz CT molecular complexity index is 374. The molecule has 0 aromatic heterocycles. The number of hydrogen-bond acceptors (Lipinski definition) is 3. The fourth-order valence-corrected chi connectivity index (χ4v) is 4.16. The van der Waals surface area contributed by atoms with Crippen LogP contribution >= 0.6 is 35.7 Å². The molecule has 0 atom stereocenters. The third-order valence-electron chi connectivity index (χ3n) is 5.32. The molecule has 1 saturated heterocycles. The lowest BCUT2D eigenvalue weighted by Crippen LogP contribution is -2.50. The average Bonchev–Trinajstić information content (AvgIpc) is 2.54. The van der Waals surface area contributed by atoms with Gasteiger partial charge in [-0.05, 0) is 50.2 Å². The smallest absolute Gasteiger partial charge is 0.191 e. The summed E-state index contributed by atoms with van der Waals surface area (Å²) in [6.07, 6.45) is 9.55. The molecule has 1 aliphatic heterocycles. The zero-order chi connectivity index (χ0) is 16.1. The largest absolute Gasteiger partial charge is 0.381 e. The molecule has 2 fully saturated rings. The highest BCUT2D eigenvalue weighted by Crippen LogP contribution is 2.35. The molecule has 2 N–H and O–H groups in total. The second kappa shape index (κ2) is 9.70. The third-order valence-corrected chi connectivity index (χ3v) is 6.74. The molecule has 0 aromatic rings. The van der Waals surface area contributed by atoms with Gasteiger partial charge in [-0.2, -0.15) is 11.8 Å². The normalized spacial score (nSPS) is 24.6. The van der Waals surface area contributed by atoms with E-state index in [0.29, 0.717) is 16.2 Å². The Kier molecular flexibility index (Phi) is 9.01. The van der Waals surface area contributed by atoms with E-state index in [1.54, 1.807) is 0 Å². The maximum Gasteiger partial charge on any atom is 0.191 e. The van der Waals surface area contributed by atoms with Crippen molar-refractivity contribution in [2.24, 2.45) is 10.4 Å². The summed E-state index contributed by atoms with van der Waals surface area (Å²) in [7, 11) is 1.87. The second-order valence-corrected chi connectivity index (χ2v) is 8.78. The van der Waals surface area contributed by atoms with Crippen LogP contribution in [0.4, 0.5) is 0 Å². The van der Waals surface area contributed by atoms with Crippen molar-refractivity contribution in [1.82, 2.24) is 10.6 Å². The fraction of sp³-hybridized carbons (Fsp3) is 0.941. The number of guanidine groups is 1. The van der Waals surface area contributed by atoms with E-state index in [9.17, 15) is 0 Å². The Morgan fingerprint density at radius 3 is 2.30 bits per heavy atom. The van der Waals surface area contributed by atoms with E-state index in [-0.39, 0.29) is 24.0 Å². The Hall–Kier alpha value is 0.310. The highest BCUT2D eigenvalue weighted by Gasteiger charge is 2.32. The van der Waals surface area contributed by atoms with Gasteiger partial charge in [-0.3, -0.25) is 4.99 Å². The van der Waals surface area contributed by atoms with Crippen LogP contribution in [0.3, 0.4) is 0 Å². The topological polar surface area (TPSA) is 45.7 Å². The van der Waals surface area contributed by atoms with Crippen molar-refractivity contribution in [3.8, 4) is 0 Å². The number of ether oxygens (including phenoxy) is 1. The molecule has 0 aromatic carbocycles. The van der Waals surface area contributed by atoms with Crippen molar-refractivity contribution in [1.29, 1.82) is 0 Å². The van der Waals surface area contributed by atoms with Crippen LogP contribution in [0.15, 0.2) is 4.99 Å². The van der Waals surface area contributed by atoms with Gasteiger partial charge in [-0.25, -0.2) is 0 Å². The molecule has 1 heterocycles. The van der Waals surface area contributed by atoms with Crippen molar-refractivity contribution < 1.29 is 4.74 Å². The average molecular weight is 455 g/mol. The van der Waals surface area contributed by atoms with Crippen LogP contribution in [0.2, 0.25) is 0 Å². The Morgan fingerprint density at radius 1 is 1.17 bits per heavy atom. The minimum atomic E-state index is 0. The van der Waals surface area contributed by atoms with Gasteiger partial charge in [-0.15, -0.1) is 24.0 Å². The number of aliphatic imine (C=N–C) groups is 1. The molecule has 2 rings (SSSR count). The van der Waals surface area contributed by atoms with Gasteiger partial charge < -0.3 is 15.4 Å². The Balaban J connectivity index is 0.00000264. The van der Waals surface area contributed by atoms with E-state index in [2.05, 4.69) is 35.7 Å². The van der Waals surface area contributed by atoms with Crippen molar-refractivity contribution in [2.45, 2.75) is 63.2 Å². The van der Waals surface area contributed by atoms with Crippen molar-refractivity contribution in [3.63, 3.8) is 0 Å². The lowest BCUT2D eigenvalue weighted by atomic mass is 9.75. The molecule has 1 aliphatic carbocycles. The van der Waals surface area contributed by atoms with E-state index in [4.69, 9.17) is 4.74 Å². The third kappa shape index (κ3) is 6.61. The Labute approximate surface area is 163 Å². The molecule has 2 aliphatic rings. The lowest BCUT2D eigenvalue weighted by molar-refractivity contribution is 0.0782. The van der Waals surface area contributed by atoms with E-state index in [1.165, 1.54) is 25.7 Å². The number of nitrogens with zero attached hydrogens (tertiary/aromatic N) is 1. The van der Waals surface area contributed by atoms with Gasteiger partial charge in [0.15, 0.2) is 5.96 Å². The van der Waals surface area contributed by atoms with Crippen molar-refractivity contribution in [2.75, 3.05) is 33.1 Å². The van der Waals surface area contributed by atoms with Gasteiger partial charge in [-0.1, -0.05) is 13.8 Å². The summed E-state index contributed by atoms with van der Waals surface area (Å²) < 4.78 is 5.81. The predicted octanol–water partition coefficient (Wildman–Crippen LogP) is 3.65. The SMILES string of the molecule is CN=C(NCC1(SC)CCOCC1)NC1CCC(C)(C)CC1.I. The van der Waals surface area contributed by atoms with Gasteiger partial charge in [0, 0.05) is 37.6 Å². The van der Waals surface area contributed by atoms with Crippen LogP contribution in [-0.4, -0.2) is 49.8 Å². The summed E-state index contributed by atoms with van der Waals surface area (Å²) in [6.45, 7) is 7.49. The van der Waals surface area contributed by atoms with Gasteiger partial charge in [0.2, 0.25) is 0 Å². The summed E-state index contributed by atoms with van der Waals surface area (Å²) in [5.41, 5.74) is 0.514. The van der Waals surface area contributed by atoms with E-state index >= 15 is 0 Å². The first-order chi connectivity index (χ1) is 10.5. The Morgan fingerprint density at radius 2 is 1.78 bits per heavy atom. The molecule has 136 valence electrons. The maximum atomic E-state index is 5.51. The molecule has 0 amide bonds. The van der Waals surface area contributed by atoms with Crippen molar-refractivity contribution in [3.05, 3.63) is 0 Å². The maximum absolute atomic E-state index is 5.51. The highest BCUT2D eigenvalue weighted by atomic mass is 127. The van der Waals surface area contributed by atoms with Crippen LogP contribution in [0.1, 0.15) is 52.4 Å². The number of nitrogens with one attached hydrogen (secondary N) is 2.